The van der Waals surface area contributed by atoms with Crippen molar-refractivity contribution < 1.29 is 18.7 Å². The molecule has 0 spiro atoms. The van der Waals surface area contributed by atoms with Crippen LogP contribution < -0.4 is 15.0 Å². The van der Waals surface area contributed by atoms with Crippen molar-refractivity contribution in [1.82, 2.24) is 0 Å². The van der Waals surface area contributed by atoms with Crippen LogP contribution in [0.3, 0.4) is 0 Å². The van der Waals surface area contributed by atoms with Gasteiger partial charge in [-0.1, -0.05) is 29.8 Å². The fraction of sp³-hybridized carbons (Fsp3) is 0.0476. The molecular formula is C21H14ClFN2O3S. The van der Waals surface area contributed by atoms with Gasteiger partial charge >= 0.3 is 0 Å². The Morgan fingerprint density at radius 1 is 1.07 bits per heavy atom. The number of ether oxygens (including phenoxy) is 1. The van der Waals surface area contributed by atoms with Gasteiger partial charge < -0.3 is 10.1 Å². The van der Waals surface area contributed by atoms with E-state index in [9.17, 15) is 14.0 Å². The smallest absolute Gasteiger partial charge is 0.282 e. The van der Waals surface area contributed by atoms with E-state index in [1.165, 1.54) is 36.6 Å². The number of nitrogens with one attached hydrogen (secondary N) is 1. The molecule has 0 saturated carbocycles. The maximum Gasteiger partial charge on any atom is 0.282 e. The molecule has 0 unspecified atom stereocenters. The Labute approximate surface area is 175 Å². The molecule has 4 rings (SSSR count). The topological polar surface area (TPSA) is 58.6 Å². The molecule has 0 aliphatic carbocycles. The van der Waals surface area contributed by atoms with Gasteiger partial charge in [0.1, 0.15) is 17.3 Å². The number of halogens is 2. The van der Waals surface area contributed by atoms with E-state index in [-0.39, 0.29) is 17.0 Å². The molecule has 3 aromatic rings. The second-order valence-electron chi connectivity index (χ2n) is 6.09. The van der Waals surface area contributed by atoms with Crippen molar-refractivity contribution in [1.29, 1.82) is 0 Å². The first-order chi connectivity index (χ1) is 14.0. The van der Waals surface area contributed by atoms with Crippen LogP contribution in [0.1, 0.15) is 4.88 Å². The lowest BCUT2D eigenvalue weighted by atomic mass is 10.1. The van der Waals surface area contributed by atoms with Gasteiger partial charge in [-0.3, -0.25) is 9.59 Å². The summed E-state index contributed by atoms with van der Waals surface area (Å²) in [5.41, 5.74) is 0.503. The first-order valence-electron chi connectivity index (χ1n) is 8.53. The number of imide groups is 1. The number of benzene rings is 2. The number of thiophene rings is 1. The molecule has 1 aliphatic heterocycles. The Bertz CT molecular complexity index is 1140. The zero-order valence-electron chi connectivity index (χ0n) is 15.1. The molecular weight excluding hydrogens is 415 g/mol. The first kappa shape index (κ1) is 19.2. The fourth-order valence-corrected chi connectivity index (χ4v) is 4.00. The lowest BCUT2D eigenvalue weighted by Gasteiger charge is -2.16. The van der Waals surface area contributed by atoms with Gasteiger partial charge in [-0.25, -0.2) is 9.29 Å². The summed E-state index contributed by atoms with van der Waals surface area (Å²) in [5.74, 6) is -1.49. The summed E-state index contributed by atoms with van der Waals surface area (Å²) in [6, 6.07) is 14.0. The normalized spacial score (nSPS) is 14.0. The second-order valence-corrected chi connectivity index (χ2v) is 7.48. The molecule has 2 amide bonds. The van der Waals surface area contributed by atoms with Crippen LogP contribution in [-0.2, 0) is 9.59 Å². The van der Waals surface area contributed by atoms with Crippen LogP contribution in [0.15, 0.2) is 65.7 Å². The van der Waals surface area contributed by atoms with Crippen LogP contribution in [0, 0.1) is 5.82 Å². The van der Waals surface area contributed by atoms with Crippen LogP contribution in [0.25, 0.3) is 5.57 Å². The number of carbonyl (C=O) groups excluding carboxylic acids is 2. The predicted molar refractivity (Wildman–Crippen MR) is 112 cm³/mol. The van der Waals surface area contributed by atoms with Crippen LogP contribution >= 0.6 is 22.9 Å². The zero-order chi connectivity index (χ0) is 20.5. The highest BCUT2D eigenvalue weighted by molar-refractivity contribution is 7.11. The molecule has 2 heterocycles. The van der Waals surface area contributed by atoms with Crippen molar-refractivity contribution in [2.75, 3.05) is 17.3 Å². The lowest BCUT2D eigenvalue weighted by Crippen LogP contribution is -2.33. The molecule has 0 saturated heterocycles. The van der Waals surface area contributed by atoms with Crippen LogP contribution in [-0.4, -0.2) is 18.9 Å². The average molecular weight is 429 g/mol. The first-order valence-corrected chi connectivity index (χ1v) is 9.79. The van der Waals surface area contributed by atoms with Gasteiger partial charge in [0.15, 0.2) is 0 Å². The number of amides is 2. The second kappa shape index (κ2) is 7.69. The van der Waals surface area contributed by atoms with Gasteiger partial charge in [0.25, 0.3) is 11.8 Å². The summed E-state index contributed by atoms with van der Waals surface area (Å²) in [6.45, 7) is 0. The number of para-hydroxylation sites is 1. The van der Waals surface area contributed by atoms with Gasteiger partial charge in [0.05, 0.1) is 24.1 Å². The van der Waals surface area contributed by atoms with E-state index in [4.69, 9.17) is 16.3 Å². The van der Waals surface area contributed by atoms with E-state index in [1.54, 1.807) is 41.8 Å². The molecule has 5 nitrogen and oxygen atoms in total. The lowest BCUT2D eigenvalue weighted by molar-refractivity contribution is -0.120. The van der Waals surface area contributed by atoms with Gasteiger partial charge in [-0.2, -0.15) is 0 Å². The van der Waals surface area contributed by atoms with Gasteiger partial charge in [0, 0.05) is 9.90 Å². The highest BCUT2D eigenvalue weighted by atomic mass is 35.5. The number of anilines is 2. The number of rotatable bonds is 5. The fourth-order valence-electron chi connectivity index (χ4n) is 3.06. The summed E-state index contributed by atoms with van der Waals surface area (Å²) in [4.78, 5) is 27.8. The Kier molecular flexibility index (Phi) is 5.08. The van der Waals surface area contributed by atoms with E-state index in [1.807, 2.05) is 0 Å². The SMILES string of the molecule is COc1ccc(Cl)cc1NC1=C(c2cccs2)C(=O)N(c2ccccc2F)C1=O. The number of hydrogen-bond donors (Lipinski definition) is 1. The summed E-state index contributed by atoms with van der Waals surface area (Å²) >= 11 is 7.39. The maximum absolute atomic E-state index is 14.4. The quantitative estimate of drug-likeness (QED) is 0.584. The molecule has 2 aromatic carbocycles. The zero-order valence-corrected chi connectivity index (χ0v) is 16.7. The molecule has 8 heteroatoms. The van der Waals surface area contributed by atoms with Gasteiger partial charge in [-0.15, -0.1) is 11.3 Å². The largest absolute Gasteiger partial charge is 0.495 e. The Hall–Kier alpha value is -3.16. The van der Waals surface area contributed by atoms with Crippen molar-refractivity contribution in [2.45, 2.75) is 0 Å². The number of nitrogens with zero attached hydrogens (tertiary/aromatic N) is 1. The average Bonchev–Trinajstić information content (AvgIpc) is 3.30. The monoisotopic (exact) mass is 428 g/mol. The van der Waals surface area contributed by atoms with Gasteiger partial charge in [0.2, 0.25) is 0 Å². The minimum absolute atomic E-state index is 0.0290. The molecule has 0 fully saturated rings. The van der Waals surface area contributed by atoms with E-state index < -0.39 is 17.6 Å². The van der Waals surface area contributed by atoms with Crippen LogP contribution in [0.4, 0.5) is 15.8 Å². The standard InChI is InChI=1S/C21H14ClFN2O3S/c1-28-16-9-8-12(22)11-14(16)24-19-18(17-7-4-10-29-17)20(26)25(21(19)27)15-6-3-2-5-13(15)23/h2-11,24H,1H3. The molecule has 146 valence electrons. The summed E-state index contributed by atoms with van der Waals surface area (Å²) in [6.07, 6.45) is 0. The van der Waals surface area contributed by atoms with Crippen molar-refractivity contribution in [3.8, 4) is 5.75 Å². The van der Waals surface area contributed by atoms with E-state index in [0.717, 1.165) is 4.90 Å². The molecule has 1 aromatic heterocycles. The third kappa shape index (κ3) is 3.39. The number of methoxy groups -OCH3 is 1. The van der Waals surface area contributed by atoms with Crippen LogP contribution in [0.2, 0.25) is 5.02 Å². The third-order valence-corrected chi connectivity index (χ3v) is 5.49. The highest BCUT2D eigenvalue weighted by Crippen LogP contribution is 2.38. The van der Waals surface area contributed by atoms with E-state index in [0.29, 0.717) is 21.3 Å². The molecule has 1 aliphatic rings. The molecule has 1 N–H and O–H groups in total. The number of hydrogen-bond acceptors (Lipinski definition) is 5. The van der Waals surface area contributed by atoms with E-state index in [2.05, 4.69) is 5.32 Å². The number of carbonyl (C=O) groups is 2. The molecule has 0 bridgehead atoms. The van der Waals surface area contributed by atoms with Crippen molar-refractivity contribution in [3.63, 3.8) is 0 Å². The summed E-state index contributed by atoms with van der Waals surface area (Å²) < 4.78 is 19.7. The van der Waals surface area contributed by atoms with Crippen LogP contribution in [0.5, 0.6) is 5.75 Å². The maximum atomic E-state index is 14.4. The Morgan fingerprint density at radius 3 is 2.55 bits per heavy atom. The summed E-state index contributed by atoms with van der Waals surface area (Å²) in [7, 11) is 1.48. The Balaban J connectivity index is 1.85. The van der Waals surface area contributed by atoms with Gasteiger partial charge in [-0.05, 0) is 41.8 Å². The third-order valence-electron chi connectivity index (χ3n) is 4.37. The molecule has 0 atom stereocenters. The molecule has 29 heavy (non-hydrogen) atoms. The van der Waals surface area contributed by atoms with Crippen molar-refractivity contribution in [3.05, 3.63) is 81.4 Å². The minimum Gasteiger partial charge on any atom is -0.495 e. The van der Waals surface area contributed by atoms with Crippen molar-refractivity contribution >= 4 is 51.7 Å². The summed E-state index contributed by atoms with van der Waals surface area (Å²) in [5, 5.41) is 5.20. The predicted octanol–water partition coefficient (Wildman–Crippen LogP) is 4.95. The highest BCUT2D eigenvalue weighted by Gasteiger charge is 2.41. The van der Waals surface area contributed by atoms with E-state index >= 15 is 0 Å². The molecule has 0 radical (unpaired) electrons. The Morgan fingerprint density at radius 2 is 1.86 bits per heavy atom. The minimum atomic E-state index is -0.665. The van der Waals surface area contributed by atoms with Crippen molar-refractivity contribution in [2.24, 2.45) is 0 Å².